The summed E-state index contributed by atoms with van der Waals surface area (Å²) < 4.78 is 0. The van der Waals surface area contributed by atoms with Crippen LogP contribution in [0.5, 0.6) is 0 Å². The van der Waals surface area contributed by atoms with Crippen LogP contribution in [-0.4, -0.2) is 42.4 Å². The third-order valence-electron chi connectivity index (χ3n) is 4.01. The summed E-state index contributed by atoms with van der Waals surface area (Å²) in [6.45, 7) is 11.2. The quantitative estimate of drug-likeness (QED) is 0.730. The summed E-state index contributed by atoms with van der Waals surface area (Å²) in [5.41, 5.74) is 2.01. The summed E-state index contributed by atoms with van der Waals surface area (Å²) >= 11 is 0. The number of rotatable bonds is 9. The fourth-order valence-electron chi connectivity index (χ4n) is 2.50. The van der Waals surface area contributed by atoms with Crippen molar-refractivity contribution < 1.29 is 9.59 Å². The Hall–Kier alpha value is -1.88. The average molecular weight is 333 g/mol. The highest BCUT2D eigenvalue weighted by atomic mass is 16.2. The van der Waals surface area contributed by atoms with Gasteiger partial charge in [0.15, 0.2) is 0 Å². The number of benzene rings is 1. The van der Waals surface area contributed by atoms with E-state index >= 15 is 0 Å². The lowest BCUT2D eigenvalue weighted by molar-refractivity contribution is -0.123. The molecular formula is C19H31N3O2. The smallest absolute Gasteiger partial charge is 0.238 e. The van der Waals surface area contributed by atoms with E-state index in [0.717, 1.165) is 17.7 Å². The van der Waals surface area contributed by atoms with Crippen LogP contribution < -0.4 is 10.6 Å². The van der Waals surface area contributed by atoms with E-state index in [1.807, 2.05) is 43.9 Å². The van der Waals surface area contributed by atoms with E-state index in [1.165, 1.54) is 0 Å². The van der Waals surface area contributed by atoms with Crippen LogP contribution in [-0.2, 0) is 9.59 Å². The molecule has 1 aromatic carbocycles. The molecule has 1 rings (SSSR count). The number of hydrogen-bond donors (Lipinski definition) is 2. The molecule has 0 aliphatic heterocycles. The highest BCUT2D eigenvalue weighted by Gasteiger charge is 2.15. The van der Waals surface area contributed by atoms with Crippen molar-refractivity contribution in [3.63, 3.8) is 0 Å². The standard InChI is InChI=1S/C19H31N3O2/c1-6-15(5)16-10-8-9-11-17(16)21-19(24)13-22(7-2)12-18(23)20-14(3)4/h8-11,14-15H,6-7,12-13H2,1-5H3,(H,20,23)(H,21,24)/t15-/m0/s1. The van der Waals surface area contributed by atoms with Gasteiger partial charge in [0.25, 0.3) is 0 Å². The molecule has 0 bridgehead atoms. The van der Waals surface area contributed by atoms with Gasteiger partial charge in [-0.25, -0.2) is 0 Å². The van der Waals surface area contributed by atoms with Crippen LogP contribution in [0, 0.1) is 0 Å². The zero-order chi connectivity index (χ0) is 18.1. The number of carbonyl (C=O) groups is 2. The number of carbonyl (C=O) groups excluding carboxylic acids is 2. The Morgan fingerprint density at radius 2 is 1.67 bits per heavy atom. The summed E-state index contributed by atoms with van der Waals surface area (Å²) in [7, 11) is 0. The first-order chi connectivity index (χ1) is 11.4. The predicted octanol–water partition coefficient (Wildman–Crippen LogP) is 2.99. The molecule has 0 saturated heterocycles. The molecule has 0 spiro atoms. The van der Waals surface area contributed by atoms with E-state index in [0.29, 0.717) is 12.5 Å². The maximum Gasteiger partial charge on any atom is 0.238 e. The van der Waals surface area contributed by atoms with Crippen molar-refractivity contribution in [1.29, 1.82) is 0 Å². The van der Waals surface area contributed by atoms with Gasteiger partial charge in [-0.1, -0.05) is 39.0 Å². The lowest BCUT2D eigenvalue weighted by atomic mass is 9.97. The Balaban J connectivity index is 2.66. The highest BCUT2D eigenvalue weighted by molar-refractivity contribution is 5.93. The third kappa shape index (κ3) is 6.71. The van der Waals surface area contributed by atoms with E-state index in [9.17, 15) is 9.59 Å². The van der Waals surface area contributed by atoms with Gasteiger partial charge in [-0.05, 0) is 44.4 Å². The minimum Gasteiger partial charge on any atom is -0.353 e. The van der Waals surface area contributed by atoms with Gasteiger partial charge in [0, 0.05) is 11.7 Å². The number of anilines is 1. The van der Waals surface area contributed by atoms with Gasteiger partial charge in [0.1, 0.15) is 0 Å². The van der Waals surface area contributed by atoms with Crippen LogP contribution >= 0.6 is 0 Å². The molecule has 0 heterocycles. The molecule has 0 unspecified atom stereocenters. The molecule has 2 N–H and O–H groups in total. The normalized spacial score (nSPS) is 12.3. The first-order valence-corrected chi connectivity index (χ1v) is 8.77. The molecule has 0 saturated carbocycles. The van der Waals surface area contributed by atoms with Crippen LogP contribution in [0.3, 0.4) is 0 Å². The van der Waals surface area contributed by atoms with Crippen LogP contribution in [0.4, 0.5) is 5.69 Å². The number of nitrogens with one attached hydrogen (secondary N) is 2. The average Bonchev–Trinajstić information content (AvgIpc) is 2.53. The number of nitrogens with zero attached hydrogens (tertiary/aromatic N) is 1. The molecule has 0 aromatic heterocycles. The molecular weight excluding hydrogens is 302 g/mol. The summed E-state index contributed by atoms with van der Waals surface area (Å²) in [6, 6.07) is 8.01. The Morgan fingerprint density at radius 3 is 2.25 bits per heavy atom. The minimum absolute atomic E-state index is 0.0559. The van der Waals surface area contributed by atoms with E-state index in [-0.39, 0.29) is 30.9 Å². The molecule has 0 radical (unpaired) electrons. The third-order valence-corrected chi connectivity index (χ3v) is 4.01. The Morgan fingerprint density at radius 1 is 1.04 bits per heavy atom. The monoisotopic (exact) mass is 333 g/mol. The fourth-order valence-corrected chi connectivity index (χ4v) is 2.50. The molecule has 1 aromatic rings. The van der Waals surface area contributed by atoms with Gasteiger partial charge in [-0.2, -0.15) is 0 Å². The van der Waals surface area contributed by atoms with Crippen molar-refractivity contribution in [1.82, 2.24) is 10.2 Å². The summed E-state index contributed by atoms with van der Waals surface area (Å²) in [5, 5.41) is 5.84. The second-order valence-corrected chi connectivity index (χ2v) is 6.47. The SMILES string of the molecule is CC[C@H](C)c1ccccc1NC(=O)CN(CC)CC(=O)NC(C)C. The predicted molar refractivity (Wildman–Crippen MR) is 99.2 cm³/mol. The van der Waals surface area contributed by atoms with E-state index < -0.39 is 0 Å². The van der Waals surface area contributed by atoms with Gasteiger partial charge < -0.3 is 10.6 Å². The molecule has 0 aliphatic rings. The molecule has 0 fully saturated rings. The molecule has 1 atom stereocenters. The maximum absolute atomic E-state index is 12.4. The van der Waals surface area contributed by atoms with Crippen molar-refractivity contribution >= 4 is 17.5 Å². The molecule has 5 heteroatoms. The Kier molecular flexibility index (Phi) is 8.47. The van der Waals surface area contributed by atoms with E-state index in [4.69, 9.17) is 0 Å². The van der Waals surface area contributed by atoms with Crippen molar-refractivity contribution in [2.45, 2.75) is 53.0 Å². The van der Waals surface area contributed by atoms with Crippen molar-refractivity contribution in [3.8, 4) is 0 Å². The first-order valence-electron chi connectivity index (χ1n) is 8.77. The van der Waals surface area contributed by atoms with Crippen molar-refractivity contribution in [2.75, 3.05) is 25.0 Å². The van der Waals surface area contributed by atoms with Crippen LogP contribution in [0.1, 0.15) is 52.5 Å². The van der Waals surface area contributed by atoms with Gasteiger partial charge in [-0.3, -0.25) is 14.5 Å². The van der Waals surface area contributed by atoms with E-state index in [1.54, 1.807) is 0 Å². The van der Waals surface area contributed by atoms with Gasteiger partial charge in [0.2, 0.25) is 11.8 Å². The molecule has 134 valence electrons. The number of amides is 2. The zero-order valence-electron chi connectivity index (χ0n) is 15.6. The summed E-state index contributed by atoms with van der Waals surface area (Å²) in [4.78, 5) is 26.1. The molecule has 0 aliphatic carbocycles. The molecule has 24 heavy (non-hydrogen) atoms. The van der Waals surface area contributed by atoms with Gasteiger partial charge >= 0.3 is 0 Å². The summed E-state index contributed by atoms with van der Waals surface area (Å²) in [5.74, 6) is 0.241. The Bertz CT molecular complexity index is 543. The zero-order valence-corrected chi connectivity index (χ0v) is 15.6. The lowest BCUT2D eigenvalue weighted by Gasteiger charge is -2.21. The largest absolute Gasteiger partial charge is 0.353 e. The minimum atomic E-state index is -0.0926. The second kappa shape index (κ2) is 10.1. The number of hydrogen-bond acceptors (Lipinski definition) is 3. The Labute approximate surface area is 145 Å². The topological polar surface area (TPSA) is 61.4 Å². The van der Waals surface area contributed by atoms with Crippen molar-refractivity contribution in [2.24, 2.45) is 0 Å². The van der Waals surface area contributed by atoms with E-state index in [2.05, 4.69) is 30.5 Å². The first kappa shape index (κ1) is 20.2. The number of para-hydroxylation sites is 1. The fraction of sp³-hybridized carbons (Fsp3) is 0.579. The summed E-state index contributed by atoms with van der Waals surface area (Å²) in [6.07, 6.45) is 1.02. The highest BCUT2D eigenvalue weighted by Crippen LogP contribution is 2.26. The molecule has 2 amide bonds. The van der Waals surface area contributed by atoms with Gasteiger partial charge in [0.05, 0.1) is 13.1 Å². The van der Waals surface area contributed by atoms with Crippen molar-refractivity contribution in [3.05, 3.63) is 29.8 Å². The van der Waals surface area contributed by atoms with Crippen LogP contribution in [0.25, 0.3) is 0 Å². The lowest BCUT2D eigenvalue weighted by Crippen LogP contribution is -2.42. The van der Waals surface area contributed by atoms with Gasteiger partial charge in [-0.15, -0.1) is 0 Å². The van der Waals surface area contributed by atoms with Crippen LogP contribution in [0.15, 0.2) is 24.3 Å². The molecule has 5 nitrogen and oxygen atoms in total. The number of likely N-dealkylation sites (N-methyl/N-ethyl adjacent to an activating group) is 1. The van der Waals surface area contributed by atoms with Crippen LogP contribution in [0.2, 0.25) is 0 Å². The maximum atomic E-state index is 12.4. The second-order valence-electron chi connectivity index (χ2n) is 6.47.